The van der Waals surface area contributed by atoms with Crippen molar-refractivity contribution in [2.45, 2.75) is 39.5 Å². The second-order valence-corrected chi connectivity index (χ2v) is 8.22. The number of carbonyl (C=O) groups excluding carboxylic acids is 2. The van der Waals surface area contributed by atoms with Crippen LogP contribution in [-0.2, 0) is 16.1 Å². The number of Topliss-reactive ketones (excluding diaryl/α,β-unsaturated/α-hetero) is 1. The van der Waals surface area contributed by atoms with Gasteiger partial charge >= 0.3 is 0 Å². The van der Waals surface area contributed by atoms with Crippen LogP contribution in [0.2, 0.25) is 0 Å². The van der Waals surface area contributed by atoms with Crippen molar-refractivity contribution in [3.63, 3.8) is 0 Å². The number of benzene rings is 1. The number of aryl methyl sites for hydroxylation is 1. The molecule has 0 radical (unpaired) electrons. The Bertz CT molecular complexity index is 1210. The lowest BCUT2D eigenvalue weighted by atomic mass is 9.94. The van der Waals surface area contributed by atoms with Gasteiger partial charge in [0, 0.05) is 36.9 Å². The molecule has 7 nitrogen and oxygen atoms in total. The normalized spacial score (nSPS) is 17.6. The summed E-state index contributed by atoms with van der Waals surface area (Å²) in [6, 6.07) is 11.6. The van der Waals surface area contributed by atoms with Crippen LogP contribution in [0.1, 0.15) is 42.1 Å². The van der Waals surface area contributed by atoms with Crippen LogP contribution in [0.25, 0.3) is 5.76 Å². The summed E-state index contributed by atoms with van der Waals surface area (Å²) >= 11 is 0. The number of carbonyl (C=O) groups is 2. The molecule has 1 aromatic carbocycles. The quantitative estimate of drug-likeness (QED) is 0.349. The Morgan fingerprint density at radius 3 is 2.42 bits per heavy atom. The van der Waals surface area contributed by atoms with E-state index in [0.717, 1.165) is 11.1 Å². The van der Waals surface area contributed by atoms with E-state index < -0.39 is 17.7 Å². The van der Waals surface area contributed by atoms with Crippen molar-refractivity contribution in [2.75, 3.05) is 0 Å². The van der Waals surface area contributed by atoms with E-state index in [4.69, 9.17) is 4.74 Å². The van der Waals surface area contributed by atoms with Crippen LogP contribution in [0.3, 0.4) is 0 Å². The Balaban J connectivity index is 1.82. The van der Waals surface area contributed by atoms with Crippen molar-refractivity contribution < 1.29 is 19.4 Å². The van der Waals surface area contributed by atoms with Crippen molar-refractivity contribution in [2.24, 2.45) is 0 Å². The number of rotatable bonds is 6. The lowest BCUT2D eigenvalue weighted by Crippen LogP contribution is -2.29. The fourth-order valence-electron chi connectivity index (χ4n) is 4.01. The fraction of sp³-hybridized carbons (Fsp3) is 0.231. The molecule has 0 spiro atoms. The van der Waals surface area contributed by atoms with Gasteiger partial charge < -0.3 is 14.7 Å². The van der Waals surface area contributed by atoms with E-state index in [2.05, 4.69) is 9.97 Å². The Morgan fingerprint density at radius 1 is 1.09 bits per heavy atom. The third-order valence-electron chi connectivity index (χ3n) is 5.44. The van der Waals surface area contributed by atoms with E-state index in [1.165, 1.54) is 4.90 Å². The molecule has 1 saturated heterocycles. The summed E-state index contributed by atoms with van der Waals surface area (Å²) in [5.74, 6) is -0.955. The van der Waals surface area contributed by atoms with E-state index in [0.29, 0.717) is 16.9 Å². The maximum absolute atomic E-state index is 13.2. The summed E-state index contributed by atoms with van der Waals surface area (Å²) < 4.78 is 5.73. The topological polar surface area (TPSA) is 92.6 Å². The van der Waals surface area contributed by atoms with Gasteiger partial charge in [-0.15, -0.1) is 0 Å². The number of hydrogen-bond donors (Lipinski definition) is 1. The van der Waals surface area contributed by atoms with Crippen molar-refractivity contribution in [1.29, 1.82) is 0 Å². The number of pyridine rings is 2. The summed E-state index contributed by atoms with van der Waals surface area (Å²) in [6.07, 6.45) is 6.52. The second-order valence-electron chi connectivity index (χ2n) is 8.22. The van der Waals surface area contributed by atoms with Crippen molar-refractivity contribution in [3.8, 4) is 5.75 Å². The molecule has 0 aliphatic carbocycles. The van der Waals surface area contributed by atoms with Crippen LogP contribution >= 0.6 is 0 Å². The number of likely N-dealkylation sites (tertiary alicyclic amines) is 1. The summed E-state index contributed by atoms with van der Waals surface area (Å²) in [7, 11) is 0. The van der Waals surface area contributed by atoms with E-state index in [1.807, 2.05) is 26.8 Å². The standard InChI is InChI=1S/C26H25N3O4/c1-16(2)33-20-8-9-21(17(3)12-20)24(30)22-23(19-7-5-11-28-14-19)29(26(32)25(22)31)15-18-6-4-10-27-13-18/h4-14,16,23,30H,15H2,1-3H3/t23-/m1/s1. The monoisotopic (exact) mass is 443 g/mol. The number of aromatic nitrogens is 2. The van der Waals surface area contributed by atoms with Gasteiger partial charge in [-0.25, -0.2) is 0 Å². The highest BCUT2D eigenvalue weighted by atomic mass is 16.5. The first-order valence-corrected chi connectivity index (χ1v) is 10.7. The molecular weight excluding hydrogens is 418 g/mol. The zero-order valence-electron chi connectivity index (χ0n) is 18.7. The highest BCUT2D eigenvalue weighted by Gasteiger charge is 2.46. The molecule has 0 unspecified atom stereocenters. The molecule has 3 aromatic rings. The van der Waals surface area contributed by atoms with Crippen LogP contribution in [0, 0.1) is 6.92 Å². The summed E-state index contributed by atoms with van der Waals surface area (Å²) in [5.41, 5.74) is 2.66. The van der Waals surface area contributed by atoms with Crippen molar-refractivity contribution in [3.05, 3.63) is 95.1 Å². The first-order valence-electron chi connectivity index (χ1n) is 10.7. The number of ether oxygens (including phenoxy) is 1. The number of nitrogens with zero attached hydrogens (tertiary/aromatic N) is 3. The Labute approximate surface area is 192 Å². The van der Waals surface area contributed by atoms with Crippen molar-refractivity contribution >= 4 is 17.4 Å². The Kier molecular flexibility index (Phi) is 6.22. The lowest BCUT2D eigenvalue weighted by Gasteiger charge is -2.25. The zero-order valence-corrected chi connectivity index (χ0v) is 18.7. The predicted molar refractivity (Wildman–Crippen MR) is 123 cm³/mol. The minimum absolute atomic E-state index is 0.00669. The number of aliphatic hydroxyl groups excluding tert-OH is 1. The number of hydrogen-bond acceptors (Lipinski definition) is 6. The molecule has 1 N–H and O–H groups in total. The molecule has 1 aliphatic rings. The first kappa shape index (κ1) is 22.2. The number of ketones is 1. The maximum Gasteiger partial charge on any atom is 0.295 e. The third kappa shape index (κ3) is 4.48. The summed E-state index contributed by atoms with van der Waals surface area (Å²) in [4.78, 5) is 35.9. The van der Waals surface area contributed by atoms with Crippen LogP contribution < -0.4 is 4.74 Å². The average molecular weight is 444 g/mol. The van der Waals surface area contributed by atoms with E-state index >= 15 is 0 Å². The zero-order chi connectivity index (χ0) is 23.5. The minimum atomic E-state index is -0.773. The number of aliphatic hydroxyl groups is 1. The third-order valence-corrected chi connectivity index (χ3v) is 5.44. The second kappa shape index (κ2) is 9.24. The van der Waals surface area contributed by atoms with Gasteiger partial charge in [-0.2, -0.15) is 0 Å². The van der Waals surface area contributed by atoms with E-state index in [9.17, 15) is 14.7 Å². The highest BCUT2D eigenvalue weighted by molar-refractivity contribution is 6.46. The molecule has 168 valence electrons. The molecule has 4 rings (SSSR count). The van der Waals surface area contributed by atoms with Gasteiger partial charge in [0.05, 0.1) is 17.7 Å². The summed E-state index contributed by atoms with van der Waals surface area (Å²) in [5, 5.41) is 11.3. The van der Waals surface area contributed by atoms with E-state index in [1.54, 1.807) is 61.2 Å². The molecule has 1 amide bonds. The molecule has 3 heterocycles. The van der Waals surface area contributed by atoms with Gasteiger partial charge in [0.15, 0.2) is 0 Å². The lowest BCUT2D eigenvalue weighted by molar-refractivity contribution is -0.140. The molecule has 33 heavy (non-hydrogen) atoms. The maximum atomic E-state index is 13.2. The smallest absolute Gasteiger partial charge is 0.295 e. The van der Waals surface area contributed by atoms with Gasteiger partial charge in [0.25, 0.3) is 11.7 Å². The Hall–Kier alpha value is -4.00. The largest absolute Gasteiger partial charge is 0.507 e. The van der Waals surface area contributed by atoms with Gasteiger partial charge in [0.2, 0.25) is 0 Å². The molecular formula is C26H25N3O4. The van der Waals surface area contributed by atoms with Crippen LogP contribution in [0.5, 0.6) is 5.75 Å². The highest BCUT2D eigenvalue weighted by Crippen LogP contribution is 2.40. The number of amides is 1. The minimum Gasteiger partial charge on any atom is -0.507 e. The van der Waals surface area contributed by atoms with Crippen LogP contribution in [0.4, 0.5) is 0 Å². The molecule has 7 heteroatoms. The molecule has 0 saturated carbocycles. The van der Waals surface area contributed by atoms with Gasteiger partial charge in [-0.3, -0.25) is 19.6 Å². The Morgan fingerprint density at radius 2 is 1.82 bits per heavy atom. The SMILES string of the molecule is Cc1cc(OC(C)C)ccc1C(O)=C1C(=O)C(=O)N(Cc2cccnc2)[C@@H]1c1cccnc1. The van der Waals surface area contributed by atoms with Gasteiger partial charge in [0.1, 0.15) is 11.5 Å². The fourth-order valence-corrected chi connectivity index (χ4v) is 4.01. The summed E-state index contributed by atoms with van der Waals surface area (Å²) in [6.45, 7) is 5.86. The van der Waals surface area contributed by atoms with Gasteiger partial charge in [-0.1, -0.05) is 12.1 Å². The van der Waals surface area contributed by atoms with Crippen LogP contribution in [-0.4, -0.2) is 37.8 Å². The molecule has 2 aromatic heterocycles. The average Bonchev–Trinajstić information content (AvgIpc) is 3.04. The van der Waals surface area contributed by atoms with Gasteiger partial charge in [-0.05, 0) is 67.8 Å². The van der Waals surface area contributed by atoms with Crippen LogP contribution in [0.15, 0.2) is 72.8 Å². The first-order chi connectivity index (χ1) is 15.9. The molecule has 1 fully saturated rings. The molecule has 1 atom stereocenters. The van der Waals surface area contributed by atoms with E-state index in [-0.39, 0.29) is 24.0 Å². The predicted octanol–water partition coefficient (Wildman–Crippen LogP) is 4.19. The molecule has 0 bridgehead atoms. The molecule has 1 aliphatic heterocycles. The van der Waals surface area contributed by atoms with Crippen molar-refractivity contribution in [1.82, 2.24) is 14.9 Å².